The SMILES string of the molecule is CCCCCCN(CCCC)C(=O)[C@@H]1CCC(O)N1. The molecule has 1 unspecified atom stereocenters. The van der Waals surface area contributed by atoms with Crippen molar-refractivity contribution < 1.29 is 9.90 Å². The van der Waals surface area contributed by atoms with E-state index in [0.717, 1.165) is 38.8 Å². The number of unbranched alkanes of at least 4 members (excludes halogenated alkanes) is 4. The molecule has 19 heavy (non-hydrogen) atoms. The number of rotatable bonds is 9. The number of nitrogens with one attached hydrogen (secondary N) is 1. The van der Waals surface area contributed by atoms with Crippen molar-refractivity contribution in [3.63, 3.8) is 0 Å². The molecule has 1 amide bonds. The van der Waals surface area contributed by atoms with E-state index in [4.69, 9.17) is 0 Å². The van der Waals surface area contributed by atoms with Gasteiger partial charge in [-0.05, 0) is 25.7 Å². The van der Waals surface area contributed by atoms with Crippen LogP contribution in [0, 0.1) is 0 Å². The van der Waals surface area contributed by atoms with Crippen LogP contribution in [-0.4, -0.2) is 41.3 Å². The molecule has 0 saturated carbocycles. The first-order chi connectivity index (χ1) is 9.19. The Bertz CT molecular complexity index is 259. The van der Waals surface area contributed by atoms with Crippen LogP contribution in [0.3, 0.4) is 0 Å². The molecule has 0 spiro atoms. The quantitative estimate of drug-likeness (QED) is 0.632. The molecule has 112 valence electrons. The fourth-order valence-corrected chi connectivity index (χ4v) is 2.55. The van der Waals surface area contributed by atoms with Gasteiger partial charge in [-0.25, -0.2) is 0 Å². The predicted molar refractivity (Wildman–Crippen MR) is 77.8 cm³/mol. The van der Waals surface area contributed by atoms with Crippen LogP contribution in [0.15, 0.2) is 0 Å². The molecule has 0 bridgehead atoms. The number of aliphatic hydroxyl groups is 1. The van der Waals surface area contributed by atoms with Crippen LogP contribution < -0.4 is 5.32 Å². The van der Waals surface area contributed by atoms with Crippen molar-refractivity contribution in [3.8, 4) is 0 Å². The highest BCUT2D eigenvalue weighted by atomic mass is 16.3. The highest BCUT2D eigenvalue weighted by molar-refractivity contribution is 5.82. The Morgan fingerprint density at radius 1 is 1.11 bits per heavy atom. The van der Waals surface area contributed by atoms with Gasteiger partial charge in [-0.1, -0.05) is 39.5 Å². The maximum atomic E-state index is 12.4. The molecule has 4 heteroatoms. The number of hydrogen-bond donors (Lipinski definition) is 2. The van der Waals surface area contributed by atoms with Crippen molar-refractivity contribution in [3.05, 3.63) is 0 Å². The molecule has 0 aliphatic carbocycles. The second-order valence-corrected chi connectivity index (χ2v) is 5.55. The van der Waals surface area contributed by atoms with Gasteiger partial charge in [0.05, 0.1) is 6.04 Å². The van der Waals surface area contributed by atoms with E-state index < -0.39 is 6.23 Å². The molecule has 0 aromatic heterocycles. The monoisotopic (exact) mass is 270 g/mol. The maximum Gasteiger partial charge on any atom is 0.239 e. The molecule has 2 N–H and O–H groups in total. The van der Waals surface area contributed by atoms with Crippen LogP contribution >= 0.6 is 0 Å². The fourth-order valence-electron chi connectivity index (χ4n) is 2.55. The van der Waals surface area contributed by atoms with Crippen LogP contribution in [0.5, 0.6) is 0 Å². The minimum Gasteiger partial charge on any atom is -0.379 e. The summed E-state index contributed by atoms with van der Waals surface area (Å²) >= 11 is 0. The normalized spacial score (nSPS) is 22.7. The van der Waals surface area contributed by atoms with Crippen molar-refractivity contribution in [2.24, 2.45) is 0 Å². The van der Waals surface area contributed by atoms with E-state index in [9.17, 15) is 9.90 Å². The highest BCUT2D eigenvalue weighted by Crippen LogP contribution is 2.14. The summed E-state index contributed by atoms with van der Waals surface area (Å²) in [5.41, 5.74) is 0. The number of nitrogens with zero attached hydrogens (tertiary/aromatic N) is 1. The second kappa shape index (κ2) is 9.32. The Balaban J connectivity index is 2.40. The Morgan fingerprint density at radius 2 is 1.79 bits per heavy atom. The molecule has 1 rings (SSSR count). The minimum absolute atomic E-state index is 0.168. The summed E-state index contributed by atoms with van der Waals surface area (Å²) < 4.78 is 0. The lowest BCUT2D eigenvalue weighted by atomic mass is 10.1. The lowest BCUT2D eigenvalue weighted by Gasteiger charge is -2.26. The van der Waals surface area contributed by atoms with Gasteiger partial charge in [0.1, 0.15) is 6.23 Å². The number of carbonyl (C=O) groups is 1. The van der Waals surface area contributed by atoms with Gasteiger partial charge in [0.2, 0.25) is 5.91 Å². The number of hydrogen-bond acceptors (Lipinski definition) is 3. The lowest BCUT2D eigenvalue weighted by molar-refractivity contribution is -0.133. The third-order valence-electron chi connectivity index (χ3n) is 3.80. The Hall–Kier alpha value is -0.610. The first-order valence-electron chi connectivity index (χ1n) is 7.92. The Morgan fingerprint density at radius 3 is 2.37 bits per heavy atom. The van der Waals surface area contributed by atoms with Gasteiger partial charge in [0, 0.05) is 13.1 Å². The van der Waals surface area contributed by atoms with Crippen molar-refractivity contribution in [2.45, 2.75) is 77.5 Å². The van der Waals surface area contributed by atoms with Crippen LogP contribution in [-0.2, 0) is 4.79 Å². The van der Waals surface area contributed by atoms with Gasteiger partial charge in [-0.2, -0.15) is 0 Å². The van der Waals surface area contributed by atoms with E-state index in [0.29, 0.717) is 6.42 Å². The molecule has 0 radical (unpaired) electrons. The Labute approximate surface area is 117 Å². The Kier molecular flexibility index (Phi) is 8.07. The van der Waals surface area contributed by atoms with Crippen LogP contribution in [0.1, 0.15) is 65.2 Å². The second-order valence-electron chi connectivity index (χ2n) is 5.55. The largest absolute Gasteiger partial charge is 0.379 e. The van der Waals surface area contributed by atoms with Crippen LogP contribution in [0.4, 0.5) is 0 Å². The van der Waals surface area contributed by atoms with Crippen LogP contribution in [0.25, 0.3) is 0 Å². The van der Waals surface area contributed by atoms with Gasteiger partial charge >= 0.3 is 0 Å². The van der Waals surface area contributed by atoms with Gasteiger partial charge in [0.15, 0.2) is 0 Å². The lowest BCUT2D eigenvalue weighted by Crippen LogP contribution is -2.46. The molecule has 0 aromatic rings. The first-order valence-corrected chi connectivity index (χ1v) is 7.92. The summed E-state index contributed by atoms with van der Waals surface area (Å²) in [4.78, 5) is 14.4. The van der Waals surface area contributed by atoms with Crippen molar-refractivity contribution in [1.29, 1.82) is 0 Å². The summed E-state index contributed by atoms with van der Waals surface area (Å²) in [7, 11) is 0. The van der Waals surface area contributed by atoms with Crippen molar-refractivity contribution in [1.82, 2.24) is 10.2 Å². The molecule has 1 fully saturated rings. The summed E-state index contributed by atoms with van der Waals surface area (Å²) in [5.74, 6) is 0.182. The number of carbonyl (C=O) groups excluding carboxylic acids is 1. The zero-order chi connectivity index (χ0) is 14.1. The van der Waals surface area contributed by atoms with E-state index in [1.165, 1.54) is 19.3 Å². The summed E-state index contributed by atoms with van der Waals surface area (Å²) in [5, 5.41) is 12.4. The third-order valence-corrected chi connectivity index (χ3v) is 3.80. The van der Waals surface area contributed by atoms with E-state index in [1.54, 1.807) is 0 Å². The summed E-state index contributed by atoms with van der Waals surface area (Å²) in [6, 6.07) is -0.168. The molecule has 2 atom stereocenters. The molecule has 4 nitrogen and oxygen atoms in total. The zero-order valence-electron chi connectivity index (χ0n) is 12.5. The smallest absolute Gasteiger partial charge is 0.239 e. The zero-order valence-corrected chi connectivity index (χ0v) is 12.5. The van der Waals surface area contributed by atoms with E-state index in [2.05, 4.69) is 19.2 Å². The molecule has 0 aromatic carbocycles. The van der Waals surface area contributed by atoms with Crippen LogP contribution in [0.2, 0.25) is 0 Å². The van der Waals surface area contributed by atoms with Gasteiger partial charge in [-0.15, -0.1) is 0 Å². The third kappa shape index (κ3) is 5.91. The molecule has 1 saturated heterocycles. The molecular formula is C15H30N2O2. The fraction of sp³-hybridized carbons (Fsp3) is 0.933. The maximum absolute atomic E-state index is 12.4. The molecule has 1 heterocycles. The van der Waals surface area contributed by atoms with Gasteiger partial charge in [-0.3, -0.25) is 10.1 Å². The van der Waals surface area contributed by atoms with Gasteiger partial charge in [0.25, 0.3) is 0 Å². The van der Waals surface area contributed by atoms with E-state index in [1.807, 2.05) is 4.90 Å². The minimum atomic E-state index is -0.498. The van der Waals surface area contributed by atoms with Crippen molar-refractivity contribution >= 4 is 5.91 Å². The van der Waals surface area contributed by atoms with Gasteiger partial charge < -0.3 is 10.0 Å². The van der Waals surface area contributed by atoms with E-state index >= 15 is 0 Å². The molecule has 1 aliphatic heterocycles. The molecular weight excluding hydrogens is 240 g/mol. The standard InChI is InChI=1S/C15H30N2O2/c1-3-5-7-8-12-17(11-6-4-2)15(19)13-9-10-14(18)16-13/h13-14,16,18H,3-12H2,1-2H3/t13-,14?/m0/s1. The van der Waals surface area contributed by atoms with E-state index in [-0.39, 0.29) is 11.9 Å². The topological polar surface area (TPSA) is 52.6 Å². The average molecular weight is 270 g/mol. The summed E-state index contributed by atoms with van der Waals surface area (Å²) in [6.07, 6.45) is 7.89. The highest BCUT2D eigenvalue weighted by Gasteiger charge is 2.30. The predicted octanol–water partition coefficient (Wildman–Crippen LogP) is 2.27. The number of aliphatic hydroxyl groups excluding tert-OH is 1. The average Bonchev–Trinajstić information content (AvgIpc) is 2.84. The molecule has 1 aliphatic rings. The summed E-state index contributed by atoms with van der Waals surface area (Å²) in [6.45, 7) is 6.07. The first kappa shape index (κ1) is 16.4. The number of amides is 1. The van der Waals surface area contributed by atoms with Crippen molar-refractivity contribution in [2.75, 3.05) is 13.1 Å².